The molecule has 2 N–H and O–H groups in total. The van der Waals surface area contributed by atoms with Crippen molar-refractivity contribution in [2.24, 2.45) is 0 Å². The van der Waals surface area contributed by atoms with Crippen molar-refractivity contribution in [3.8, 4) is 11.5 Å². The first kappa shape index (κ1) is 23.1. The highest BCUT2D eigenvalue weighted by molar-refractivity contribution is 7.92. The lowest BCUT2D eigenvalue weighted by Gasteiger charge is -2.13. The van der Waals surface area contributed by atoms with Gasteiger partial charge >= 0.3 is 0 Å². The van der Waals surface area contributed by atoms with E-state index < -0.39 is 10.0 Å². The number of anilines is 2. The predicted molar refractivity (Wildman–Crippen MR) is 125 cm³/mol. The molecule has 8 heteroatoms. The molecular formula is C24H26N2O5S. The minimum Gasteiger partial charge on any atom is -0.497 e. The monoisotopic (exact) mass is 454 g/mol. The smallest absolute Gasteiger partial charge is 0.262 e. The predicted octanol–water partition coefficient (Wildman–Crippen LogP) is 4.38. The molecule has 7 nitrogen and oxygen atoms in total. The van der Waals surface area contributed by atoms with Crippen molar-refractivity contribution in [1.29, 1.82) is 0 Å². The summed E-state index contributed by atoms with van der Waals surface area (Å²) in [6, 6.07) is 18.9. The molecule has 168 valence electrons. The summed E-state index contributed by atoms with van der Waals surface area (Å²) in [5.41, 5.74) is 2.42. The third-order valence-electron chi connectivity index (χ3n) is 4.90. The van der Waals surface area contributed by atoms with Crippen molar-refractivity contribution in [2.45, 2.75) is 24.7 Å². The third-order valence-corrected chi connectivity index (χ3v) is 6.43. The Bertz CT molecular complexity index is 1170. The Labute approximate surface area is 188 Å². The Morgan fingerprint density at radius 1 is 0.844 bits per heavy atom. The van der Waals surface area contributed by atoms with Crippen LogP contribution in [0.25, 0.3) is 0 Å². The molecule has 0 heterocycles. The number of benzene rings is 3. The van der Waals surface area contributed by atoms with E-state index in [9.17, 15) is 13.2 Å². The van der Waals surface area contributed by atoms with Crippen LogP contribution in [0, 0.1) is 6.92 Å². The molecule has 32 heavy (non-hydrogen) atoms. The first-order valence-corrected chi connectivity index (χ1v) is 11.5. The molecule has 0 radical (unpaired) electrons. The van der Waals surface area contributed by atoms with Gasteiger partial charge in [-0.1, -0.05) is 18.2 Å². The normalized spacial score (nSPS) is 11.0. The SMILES string of the molecule is COc1ccc(CCC(=O)Nc2ccc(C)c(S(=O)(=O)Nc3ccc(OC)cc3)c2)cc1. The molecule has 0 aliphatic heterocycles. The van der Waals surface area contributed by atoms with E-state index in [1.54, 1.807) is 57.5 Å². The second-order valence-corrected chi connectivity index (χ2v) is 8.86. The number of amides is 1. The molecule has 0 aromatic heterocycles. The van der Waals surface area contributed by atoms with Crippen molar-refractivity contribution >= 4 is 27.3 Å². The second-order valence-electron chi connectivity index (χ2n) is 7.21. The van der Waals surface area contributed by atoms with Crippen LogP contribution in [0.4, 0.5) is 11.4 Å². The van der Waals surface area contributed by atoms with Crippen LogP contribution in [0.2, 0.25) is 0 Å². The Hall–Kier alpha value is -3.52. The van der Waals surface area contributed by atoms with E-state index in [0.717, 1.165) is 11.3 Å². The molecule has 0 aliphatic rings. The van der Waals surface area contributed by atoms with Crippen LogP contribution < -0.4 is 19.5 Å². The fourth-order valence-electron chi connectivity index (χ4n) is 3.11. The Morgan fingerprint density at radius 3 is 2.00 bits per heavy atom. The summed E-state index contributed by atoms with van der Waals surface area (Å²) >= 11 is 0. The largest absolute Gasteiger partial charge is 0.497 e. The van der Waals surface area contributed by atoms with E-state index in [4.69, 9.17) is 9.47 Å². The fourth-order valence-corrected chi connectivity index (χ4v) is 4.44. The van der Waals surface area contributed by atoms with Crippen LogP contribution in [-0.2, 0) is 21.2 Å². The molecule has 3 aromatic rings. The molecular weight excluding hydrogens is 428 g/mol. The van der Waals surface area contributed by atoms with E-state index in [-0.39, 0.29) is 17.2 Å². The van der Waals surface area contributed by atoms with Gasteiger partial charge in [0.05, 0.1) is 19.1 Å². The number of sulfonamides is 1. The second kappa shape index (κ2) is 10.2. The maximum Gasteiger partial charge on any atom is 0.262 e. The highest BCUT2D eigenvalue weighted by atomic mass is 32.2. The minimum atomic E-state index is -3.84. The number of aryl methyl sites for hydroxylation is 2. The van der Waals surface area contributed by atoms with Crippen LogP contribution >= 0.6 is 0 Å². The molecule has 0 unspecified atom stereocenters. The van der Waals surface area contributed by atoms with Gasteiger partial charge in [-0.15, -0.1) is 0 Å². The molecule has 0 bridgehead atoms. The number of ether oxygens (including phenoxy) is 2. The van der Waals surface area contributed by atoms with Gasteiger partial charge in [0.15, 0.2) is 0 Å². The first-order chi connectivity index (χ1) is 15.3. The van der Waals surface area contributed by atoms with Gasteiger partial charge in [-0.2, -0.15) is 0 Å². The quantitative estimate of drug-likeness (QED) is 0.500. The lowest BCUT2D eigenvalue weighted by Crippen LogP contribution is -2.16. The highest BCUT2D eigenvalue weighted by Crippen LogP contribution is 2.24. The van der Waals surface area contributed by atoms with Crippen LogP contribution in [0.5, 0.6) is 11.5 Å². The zero-order valence-corrected chi connectivity index (χ0v) is 19.0. The molecule has 3 rings (SSSR count). The molecule has 0 spiro atoms. The number of hydrogen-bond acceptors (Lipinski definition) is 5. The van der Waals surface area contributed by atoms with Crippen molar-refractivity contribution in [3.05, 3.63) is 77.9 Å². The van der Waals surface area contributed by atoms with Crippen LogP contribution in [0.15, 0.2) is 71.6 Å². The van der Waals surface area contributed by atoms with Crippen LogP contribution in [0.1, 0.15) is 17.5 Å². The van der Waals surface area contributed by atoms with Gasteiger partial charge in [-0.3, -0.25) is 9.52 Å². The molecule has 0 saturated heterocycles. The topological polar surface area (TPSA) is 93.7 Å². The van der Waals surface area contributed by atoms with Gasteiger partial charge in [-0.25, -0.2) is 8.42 Å². The maximum atomic E-state index is 12.9. The zero-order chi connectivity index (χ0) is 23.1. The molecule has 0 atom stereocenters. The first-order valence-electron chi connectivity index (χ1n) is 10.0. The van der Waals surface area contributed by atoms with Crippen LogP contribution in [0.3, 0.4) is 0 Å². The third kappa shape index (κ3) is 6.01. The molecule has 3 aromatic carbocycles. The average Bonchev–Trinajstić information content (AvgIpc) is 2.79. The van der Waals surface area contributed by atoms with Crippen LogP contribution in [-0.4, -0.2) is 28.5 Å². The fraction of sp³-hybridized carbons (Fsp3) is 0.208. The van der Waals surface area contributed by atoms with Crippen molar-refractivity contribution in [3.63, 3.8) is 0 Å². The number of methoxy groups -OCH3 is 2. The standard InChI is InChI=1S/C24H26N2O5S/c1-17-4-8-20(25-24(27)15-7-18-5-11-21(30-2)12-6-18)16-23(17)32(28,29)26-19-9-13-22(31-3)14-10-19/h4-6,8-14,16,26H,7,15H2,1-3H3,(H,25,27). The Kier molecular flexibility index (Phi) is 7.37. The average molecular weight is 455 g/mol. The van der Waals surface area contributed by atoms with Gasteiger partial charge in [0.2, 0.25) is 5.91 Å². The zero-order valence-electron chi connectivity index (χ0n) is 18.2. The summed E-state index contributed by atoms with van der Waals surface area (Å²) in [5, 5.41) is 2.78. The number of hydrogen-bond donors (Lipinski definition) is 2. The molecule has 1 amide bonds. The van der Waals surface area contributed by atoms with Gasteiger partial charge in [0, 0.05) is 17.8 Å². The summed E-state index contributed by atoms with van der Waals surface area (Å²) in [5.74, 6) is 1.19. The summed E-state index contributed by atoms with van der Waals surface area (Å²) < 4.78 is 38.6. The van der Waals surface area contributed by atoms with Crippen molar-refractivity contribution < 1.29 is 22.7 Å². The maximum absolute atomic E-state index is 12.9. The van der Waals surface area contributed by atoms with E-state index >= 15 is 0 Å². The number of rotatable bonds is 9. The molecule has 0 aliphatic carbocycles. The van der Waals surface area contributed by atoms with E-state index in [2.05, 4.69) is 10.0 Å². The molecule has 0 fully saturated rings. The van der Waals surface area contributed by atoms with Gasteiger partial charge < -0.3 is 14.8 Å². The van der Waals surface area contributed by atoms with Gasteiger partial charge in [-0.05, 0) is 73.0 Å². The lowest BCUT2D eigenvalue weighted by molar-refractivity contribution is -0.116. The van der Waals surface area contributed by atoms with Gasteiger partial charge in [0.1, 0.15) is 11.5 Å². The number of carbonyl (C=O) groups excluding carboxylic acids is 1. The summed E-state index contributed by atoms with van der Waals surface area (Å²) in [4.78, 5) is 12.5. The minimum absolute atomic E-state index is 0.0984. The number of nitrogens with one attached hydrogen (secondary N) is 2. The van der Waals surface area contributed by atoms with E-state index in [1.807, 2.05) is 24.3 Å². The summed E-state index contributed by atoms with van der Waals surface area (Å²) in [7, 11) is -0.695. The van der Waals surface area contributed by atoms with E-state index in [1.165, 1.54) is 6.07 Å². The molecule has 0 saturated carbocycles. The van der Waals surface area contributed by atoms with Gasteiger partial charge in [0.25, 0.3) is 10.0 Å². The number of carbonyl (C=O) groups is 1. The summed E-state index contributed by atoms with van der Waals surface area (Å²) in [6.07, 6.45) is 0.832. The van der Waals surface area contributed by atoms with E-state index in [0.29, 0.717) is 29.1 Å². The Morgan fingerprint density at radius 2 is 1.41 bits per heavy atom. The lowest BCUT2D eigenvalue weighted by atomic mass is 10.1. The van der Waals surface area contributed by atoms with Crippen molar-refractivity contribution in [2.75, 3.05) is 24.3 Å². The summed E-state index contributed by atoms with van der Waals surface area (Å²) in [6.45, 7) is 1.71. The van der Waals surface area contributed by atoms with Crippen molar-refractivity contribution in [1.82, 2.24) is 0 Å². The Balaban J connectivity index is 1.67. The highest BCUT2D eigenvalue weighted by Gasteiger charge is 2.18.